The van der Waals surface area contributed by atoms with Gasteiger partial charge in [0.1, 0.15) is 10.7 Å². The van der Waals surface area contributed by atoms with Crippen LogP contribution >= 0.6 is 11.3 Å². The molecular weight excluding hydrogens is 440 g/mol. The van der Waals surface area contributed by atoms with Gasteiger partial charge >= 0.3 is 6.43 Å². The Morgan fingerprint density at radius 1 is 1.23 bits per heavy atom. The number of aliphatic hydroxyl groups is 1. The molecule has 0 aromatic carbocycles. The van der Waals surface area contributed by atoms with Gasteiger partial charge in [0, 0.05) is 18.2 Å². The van der Waals surface area contributed by atoms with Gasteiger partial charge in [0.05, 0.1) is 22.1 Å². The third-order valence-electron chi connectivity index (χ3n) is 4.10. The van der Waals surface area contributed by atoms with Crippen LogP contribution in [0.5, 0.6) is 0 Å². The smallest absolute Gasteiger partial charge is 0.314 e. The van der Waals surface area contributed by atoms with Gasteiger partial charge in [0.2, 0.25) is 10.0 Å². The summed E-state index contributed by atoms with van der Waals surface area (Å²) in [6.45, 7) is 4.71. The average molecular weight is 460 g/mol. The van der Waals surface area contributed by atoms with Crippen molar-refractivity contribution in [2.24, 2.45) is 0 Å². The number of hydrogen-bond acceptors (Lipinski definition) is 9. The predicted octanol–water partition coefficient (Wildman–Crippen LogP) is 3.13. The van der Waals surface area contributed by atoms with E-state index in [0.29, 0.717) is 15.4 Å². The molecule has 1 atom stereocenters. The number of thiazole rings is 1. The molecule has 162 valence electrons. The van der Waals surface area contributed by atoms with Gasteiger partial charge in [-0.15, -0.1) is 21.5 Å². The molecular formula is C17H19F2N5O4S2. The van der Waals surface area contributed by atoms with Crippen molar-refractivity contribution < 1.29 is 26.7 Å². The van der Waals surface area contributed by atoms with Gasteiger partial charge in [-0.1, -0.05) is 6.07 Å². The molecule has 0 saturated heterocycles. The second-order valence-corrected chi connectivity index (χ2v) is 10.2. The number of alkyl halides is 2. The molecule has 9 nitrogen and oxygen atoms in total. The van der Waals surface area contributed by atoms with Gasteiger partial charge in [-0.3, -0.25) is 4.72 Å². The summed E-state index contributed by atoms with van der Waals surface area (Å²) in [4.78, 5) is 8.51. The van der Waals surface area contributed by atoms with Crippen LogP contribution in [0, 0.1) is 0 Å². The largest absolute Gasteiger partial charge is 0.414 e. The van der Waals surface area contributed by atoms with E-state index in [9.17, 15) is 22.3 Å². The van der Waals surface area contributed by atoms with E-state index in [4.69, 9.17) is 4.42 Å². The van der Waals surface area contributed by atoms with Gasteiger partial charge in [-0.25, -0.2) is 18.4 Å². The number of rotatable bonds is 8. The average Bonchev–Trinajstić information content (AvgIpc) is 3.30. The zero-order chi connectivity index (χ0) is 22.1. The zero-order valence-corrected chi connectivity index (χ0v) is 17.8. The summed E-state index contributed by atoms with van der Waals surface area (Å²) in [6, 6.07) is 3.05. The van der Waals surface area contributed by atoms with Crippen molar-refractivity contribution in [3.63, 3.8) is 0 Å². The van der Waals surface area contributed by atoms with Crippen LogP contribution in [-0.4, -0.2) is 38.9 Å². The van der Waals surface area contributed by atoms with E-state index in [1.807, 2.05) is 0 Å². The monoisotopic (exact) mass is 459 g/mol. The van der Waals surface area contributed by atoms with E-state index in [1.165, 1.54) is 25.4 Å². The summed E-state index contributed by atoms with van der Waals surface area (Å²) in [5.74, 6) is -0.762. The Kier molecular flexibility index (Phi) is 6.15. The minimum Gasteiger partial charge on any atom is -0.414 e. The zero-order valence-electron chi connectivity index (χ0n) is 16.2. The van der Waals surface area contributed by atoms with E-state index in [1.54, 1.807) is 19.9 Å². The predicted molar refractivity (Wildman–Crippen MR) is 106 cm³/mol. The Labute approximate surface area is 175 Å². The maximum atomic E-state index is 12.6. The quantitative estimate of drug-likeness (QED) is 0.525. The highest BCUT2D eigenvalue weighted by atomic mass is 32.2. The van der Waals surface area contributed by atoms with Crippen LogP contribution in [-0.2, 0) is 22.0 Å². The molecule has 0 aliphatic rings. The lowest BCUT2D eigenvalue weighted by Gasteiger charge is -2.18. The standard InChI is InChI=1S/C17H19F2N5O4S2/c1-9(30(26,27)24-12-5-4-10(7-20-12)17(2,3)25)6-13-21-8-11(29-13)15-22-23-16(28-15)14(18)19/h4-5,7-9,14,25H,6H2,1-3H3,(H,20,24). The number of hydrogen-bond donors (Lipinski definition) is 2. The van der Waals surface area contributed by atoms with Crippen LogP contribution in [0.3, 0.4) is 0 Å². The van der Waals surface area contributed by atoms with Crippen molar-refractivity contribution in [1.29, 1.82) is 0 Å². The molecule has 0 aliphatic carbocycles. The van der Waals surface area contributed by atoms with Gasteiger partial charge in [0.15, 0.2) is 0 Å². The normalized spacial score (nSPS) is 13.6. The molecule has 0 fully saturated rings. The fourth-order valence-corrected chi connectivity index (χ4v) is 4.41. The Morgan fingerprint density at radius 3 is 2.53 bits per heavy atom. The first kappa shape index (κ1) is 22.2. The van der Waals surface area contributed by atoms with Gasteiger partial charge in [0.25, 0.3) is 11.8 Å². The Morgan fingerprint density at radius 2 is 1.97 bits per heavy atom. The van der Waals surface area contributed by atoms with Crippen LogP contribution in [0.15, 0.2) is 28.9 Å². The first-order valence-corrected chi connectivity index (χ1v) is 11.1. The molecule has 3 aromatic heterocycles. The molecule has 30 heavy (non-hydrogen) atoms. The molecule has 1 unspecified atom stereocenters. The van der Waals surface area contributed by atoms with Crippen molar-refractivity contribution in [2.45, 2.75) is 44.5 Å². The van der Waals surface area contributed by atoms with Crippen molar-refractivity contribution in [2.75, 3.05) is 4.72 Å². The number of aromatic nitrogens is 4. The maximum Gasteiger partial charge on any atom is 0.314 e. The van der Waals surface area contributed by atoms with E-state index >= 15 is 0 Å². The lowest BCUT2D eigenvalue weighted by molar-refractivity contribution is 0.0782. The molecule has 2 N–H and O–H groups in total. The Hall–Kier alpha value is -2.51. The van der Waals surface area contributed by atoms with E-state index in [-0.39, 0.29) is 18.1 Å². The van der Waals surface area contributed by atoms with Crippen molar-refractivity contribution in [3.8, 4) is 10.8 Å². The molecule has 3 rings (SSSR count). The van der Waals surface area contributed by atoms with Crippen molar-refractivity contribution in [3.05, 3.63) is 41.0 Å². The number of halogens is 2. The SMILES string of the molecule is CC(Cc1ncc(-c2nnc(C(F)F)o2)s1)S(=O)(=O)Nc1ccc(C(C)(C)O)cn1. The fourth-order valence-electron chi connectivity index (χ4n) is 2.34. The van der Waals surface area contributed by atoms with Crippen LogP contribution in [0.1, 0.15) is 43.7 Å². The minimum absolute atomic E-state index is 0.0809. The van der Waals surface area contributed by atoms with Crippen LogP contribution < -0.4 is 4.72 Å². The number of pyridine rings is 1. The number of anilines is 1. The third kappa shape index (κ3) is 5.15. The number of nitrogens with one attached hydrogen (secondary N) is 1. The number of nitrogens with zero attached hydrogens (tertiary/aromatic N) is 4. The first-order valence-electron chi connectivity index (χ1n) is 8.73. The van der Waals surface area contributed by atoms with Crippen LogP contribution in [0.25, 0.3) is 10.8 Å². The number of sulfonamides is 1. The highest BCUT2D eigenvalue weighted by Gasteiger charge is 2.25. The highest BCUT2D eigenvalue weighted by Crippen LogP contribution is 2.29. The lowest BCUT2D eigenvalue weighted by Crippen LogP contribution is -2.27. The maximum absolute atomic E-state index is 12.6. The summed E-state index contributed by atoms with van der Waals surface area (Å²) in [5, 5.41) is 16.3. The summed E-state index contributed by atoms with van der Waals surface area (Å²) in [5.41, 5.74) is -0.542. The molecule has 0 spiro atoms. The summed E-state index contributed by atoms with van der Waals surface area (Å²) < 4.78 is 57.6. The van der Waals surface area contributed by atoms with E-state index in [0.717, 1.165) is 11.3 Å². The molecule has 0 saturated carbocycles. The molecule has 0 radical (unpaired) electrons. The highest BCUT2D eigenvalue weighted by molar-refractivity contribution is 7.93. The molecule has 3 heterocycles. The first-order chi connectivity index (χ1) is 14.0. The summed E-state index contributed by atoms with van der Waals surface area (Å²) in [7, 11) is -3.78. The Bertz CT molecular complexity index is 1110. The van der Waals surface area contributed by atoms with E-state index in [2.05, 4.69) is 24.9 Å². The minimum atomic E-state index is -3.78. The van der Waals surface area contributed by atoms with Crippen LogP contribution in [0.4, 0.5) is 14.6 Å². The van der Waals surface area contributed by atoms with Crippen LogP contribution in [0.2, 0.25) is 0 Å². The molecule has 0 amide bonds. The topological polar surface area (TPSA) is 131 Å². The van der Waals surface area contributed by atoms with Gasteiger partial charge in [-0.05, 0) is 26.8 Å². The van der Waals surface area contributed by atoms with Crippen molar-refractivity contribution in [1.82, 2.24) is 20.2 Å². The van der Waals surface area contributed by atoms with E-state index < -0.39 is 33.2 Å². The summed E-state index contributed by atoms with van der Waals surface area (Å²) >= 11 is 1.08. The molecule has 3 aromatic rings. The molecule has 0 bridgehead atoms. The summed E-state index contributed by atoms with van der Waals surface area (Å²) in [6.07, 6.45) is -0.0291. The Balaban J connectivity index is 1.67. The fraction of sp³-hybridized carbons (Fsp3) is 0.412. The third-order valence-corrected chi connectivity index (χ3v) is 6.83. The van der Waals surface area contributed by atoms with Crippen molar-refractivity contribution >= 4 is 27.2 Å². The lowest BCUT2D eigenvalue weighted by atomic mass is 10.0. The second-order valence-electron chi connectivity index (χ2n) is 7.02. The van der Waals surface area contributed by atoms with Gasteiger partial charge in [-0.2, -0.15) is 8.78 Å². The van der Waals surface area contributed by atoms with Gasteiger partial charge < -0.3 is 9.52 Å². The molecule has 0 aliphatic heterocycles. The molecule has 13 heteroatoms. The second kappa shape index (κ2) is 8.32.